The zero-order valence-corrected chi connectivity index (χ0v) is 10.6. The first kappa shape index (κ1) is 11.2. The van der Waals surface area contributed by atoms with Gasteiger partial charge in [0.25, 0.3) is 0 Å². The van der Waals surface area contributed by atoms with Gasteiger partial charge in [0.05, 0.1) is 0 Å². The number of para-hydroxylation sites is 1. The molecule has 1 aliphatic heterocycles. The van der Waals surface area contributed by atoms with E-state index in [1.807, 2.05) is 6.20 Å². The molecule has 3 nitrogen and oxygen atoms in total. The topological polar surface area (TPSA) is 42.1 Å². The van der Waals surface area contributed by atoms with Crippen LogP contribution in [0, 0.1) is 6.92 Å². The summed E-state index contributed by atoms with van der Waals surface area (Å²) in [7, 11) is 0. The first-order chi connectivity index (χ1) is 8.79. The fourth-order valence-electron chi connectivity index (χ4n) is 2.58. The number of benzene rings is 1. The molecule has 1 aromatic carbocycles. The van der Waals surface area contributed by atoms with Gasteiger partial charge in [0.15, 0.2) is 0 Å². The maximum atomic E-state index is 5.65. The van der Waals surface area contributed by atoms with Crippen LogP contribution in [-0.2, 0) is 13.0 Å². The predicted octanol–water partition coefficient (Wildman–Crippen LogP) is 2.54. The average Bonchev–Trinajstić information content (AvgIpc) is 2.82. The molecule has 0 atom stereocenters. The summed E-state index contributed by atoms with van der Waals surface area (Å²) < 4.78 is 0. The largest absolute Gasteiger partial charge is 0.326 e. The maximum Gasteiger partial charge on any atom is 0.135 e. The van der Waals surface area contributed by atoms with E-state index in [9.17, 15) is 0 Å². The van der Waals surface area contributed by atoms with E-state index in [0.717, 1.165) is 24.3 Å². The van der Waals surface area contributed by atoms with E-state index in [1.165, 1.54) is 16.8 Å². The Labute approximate surface area is 107 Å². The van der Waals surface area contributed by atoms with Gasteiger partial charge < -0.3 is 10.6 Å². The van der Waals surface area contributed by atoms with Gasteiger partial charge in [-0.1, -0.05) is 18.2 Å². The predicted molar refractivity (Wildman–Crippen MR) is 74.0 cm³/mol. The average molecular weight is 239 g/mol. The number of aromatic nitrogens is 1. The second-order valence-corrected chi connectivity index (χ2v) is 4.72. The fourth-order valence-corrected chi connectivity index (χ4v) is 2.58. The molecule has 1 aromatic heterocycles. The molecule has 2 aromatic rings. The van der Waals surface area contributed by atoms with Crippen LogP contribution >= 0.6 is 0 Å². The molecule has 18 heavy (non-hydrogen) atoms. The third kappa shape index (κ3) is 1.77. The highest BCUT2D eigenvalue weighted by molar-refractivity contribution is 5.69. The van der Waals surface area contributed by atoms with E-state index >= 15 is 0 Å². The summed E-state index contributed by atoms with van der Waals surface area (Å²) in [6.07, 6.45) is 2.97. The Morgan fingerprint density at radius 3 is 2.94 bits per heavy atom. The lowest BCUT2D eigenvalue weighted by molar-refractivity contribution is 0.953. The Balaban J connectivity index is 2.02. The molecule has 0 saturated heterocycles. The molecule has 2 N–H and O–H groups in total. The second-order valence-electron chi connectivity index (χ2n) is 4.72. The van der Waals surface area contributed by atoms with Gasteiger partial charge >= 0.3 is 0 Å². The second kappa shape index (κ2) is 4.42. The summed E-state index contributed by atoms with van der Waals surface area (Å²) in [6, 6.07) is 10.7. The number of nitrogens with two attached hydrogens (primary N) is 1. The monoisotopic (exact) mass is 239 g/mol. The Morgan fingerprint density at radius 1 is 1.33 bits per heavy atom. The van der Waals surface area contributed by atoms with Gasteiger partial charge in [0, 0.05) is 25.0 Å². The molecule has 1 aliphatic rings. The first-order valence-corrected chi connectivity index (χ1v) is 6.30. The Hall–Kier alpha value is -1.87. The van der Waals surface area contributed by atoms with Crippen LogP contribution in [0.4, 0.5) is 11.5 Å². The summed E-state index contributed by atoms with van der Waals surface area (Å²) in [6.45, 7) is 3.66. The number of anilines is 2. The third-order valence-corrected chi connectivity index (χ3v) is 3.49. The molecule has 0 unspecified atom stereocenters. The van der Waals surface area contributed by atoms with Crippen molar-refractivity contribution < 1.29 is 0 Å². The molecule has 2 heterocycles. The first-order valence-electron chi connectivity index (χ1n) is 6.30. The van der Waals surface area contributed by atoms with Crippen LogP contribution in [0.25, 0.3) is 0 Å². The number of fused-ring (bicyclic) bond motifs is 1. The molecule has 3 heteroatoms. The van der Waals surface area contributed by atoms with E-state index in [4.69, 9.17) is 5.73 Å². The van der Waals surface area contributed by atoms with Crippen molar-refractivity contribution in [1.82, 2.24) is 4.98 Å². The van der Waals surface area contributed by atoms with Crippen molar-refractivity contribution in [2.24, 2.45) is 5.73 Å². The fraction of sp³-hybridized carbons (Fsp3) is 0.267. The minimum Gasteiger partial charge on any atom is -0.326 e. The minimum absolute atomic E-state index is 0.546. The van der Waals surface area contributed by atoms with Gasteiger partial charge in [-0.2, -0.15) is 0 Å². The number of pyridine rings is 1. The van der Waals surface area contributed by atoms with Crippen LogP contribution in [0.15, 0.2) is 36.5 Å². The highest BCUT2D eigenvalue weighted by atomic mass is 15.2. The van der Waals surface area contributed by atoms with Gasteiger partial charge in [0.2, 0.25) is 0 Å². The molecule has 0 bridgehead atoms. The molecule has 0 aliphatic carbocycles. The van der Waals surface area contributed by atoms with Crippen LogP contribution in [0.2, 0.25) is 0 Å². The van der Waals surface area contributed by atoms with Crippen LogP contribution in [0.3, 0.4) is 0 Å². The highest BCUT2D eigenvalue weighted by Crippen LogP contribution is 2.34. The lowest BCUT2D eigenvalue weighted by Gasteiger charge is -2.20. The Morgan fingerprint density at radius 2 is 2.17 bits per heavy atom. The smallest absolute Gasteiger partial charge is 0.135 e. The van der Waals surface area contributed by atoms with Gasteiger partial charge in [0.1, 0.15) is 5.82 Å². The van der Waals surface area contributed by atoms with E-state index in [0.29, 0.717) is 6.54 Å². The number of rotatable bonds is 2. The highest BCUT2D eigenvalue weighted by Gasteiger charge is 2.21. The summed E-state index contributed by atoms with van der Waals surface area (Å²) in [4.78, 5) is 6.87. The van der Waals surface area contributed by atoms with E-state index in [2.05, 4.69) is 47.1 Å². The Kier molecular flexibility index (Phi) is 2.76. The molecular weight excluding hydrogens is 222 g/mol. The van der Waals surface area contributed by atoms with Crippen molar-refractivity contribution in [3.63, 3.8) is 0 Å². The molecular formula is C15H17N3. The minimum atomic E-state index is 0.546. The number of aryl methyl sites for hydroxylation is 1. The third-order valence-electron chi connectivity index (χ3n) is 3.49. The maximum absolute atomic E-state index is 5.65. The van der Waals surface area contributed by atoms with E-state index in [1.54, 1.807) is 0 Å². The van der Waals surface area contributed by atoms with Crippen molar-refractivity contribution in [1.29, 1.82) is 0 Å². The zero-order chi connectivity index (χ0) is 12.5. The van der Waals surface area contributed by atoms with Crippen molar-refractivity contribution in [2.45, 2.75) is 19.9 Å². The van der Waals surface area contributed by atoms with Gasteiger partial charge in [-0.25, -0.2) is 4.98 Å². The van der Waals surface area contributed by atoms with Crippen LogP contribution in [0.1, 0.15) is 16.7 Å². The van der Waals surface area contributed by atoms with Crippen LogP contribution in [0.5, 0.6) is 0 Å². The lowest BCUT2D eigenvalue weighted by atomic mass is 10.1. The molecule has 0 fully saturated rings. The number of hydrogen-bond acceptors (Lipinski definition) is 3. The van der Waals surface area contributed by atoms with E-state index < -0.39 is 0 Å². The van der Waals surface area contributed by atoms with Gasteiger partial charge in [-0.15, -0.1) is 0 Å². The van der Waals surface area contributed by atoms with Crippen molar-refractivity contribution >= 4 is 11.5 Å². The van der Waals surface area contributed by atoms with Crippen molar-refractivity contribution in [2.75, 3.05) is 11.4 Å². The quantitative estimate of drug-likeness (QED) is 0.875. The van der Waals surface area contributed by atoms with Crippen LogP contribution in [-0.4, -0.2) is 11.5 Å². The molecule has 0 amide bonds. The van der Waals surface area contributed by atoms with Gasteiger partial charge in [-0.05, 0) is 42.2 Å². The molecule has 3 rings (SSSR count). The lowest BCUT2D eigenvalue weighted by Crippen LogP contribution is -2.16. The van der Waals surface area contributed by atoms with E-state index in [-0.39, 0.29) is 0 Å². The molecule has 0 radical (unpaired) electrons. The van der Waals surface area contributed by atoms with Gasteiger partial charge in [-0.3, -0.25) is 0 Å². The molecule has 0 saturated carbocycles. The summed E-state index contributed by atoms with van der Waals surface area (Å²) in [5.74, 6) is 1.05. The normalized spacial score (nSPS) is 13.8. The SMILES string of the molecule is Cc1cc(CN)cnc1N1CCc2ccccc21. The van der Waals surface area contributed by atoms with Crippen molar-refractivity contribution in [3.05, 3.63) is 53.2 Å². The summed E-state index contributed by atoms with van der Waals surface area (Å²) in [5, 5.41) is 0. The zero-order valence-electron chi connectivity index (χ0n) is 10.6. The standard InChI is InChI=1S/C15H17N3/c1-11-8-12(9-16)10-17-15(11)18-7-6-13-4-2-3-5-14(13)18/h2-5,8,10H,6-7,9,16H2,1H3. The number of hydrogen-bond donors (Lipinski definition) is 1. The Bertz CT molecular complexity index is 578. The van der Waals surface area contributed by atoms with Crippen LogP contribution < -0.4 is 10.6 Å². The molecule has 0 spiro atoms. The van der Waals surface area contributed by atoms with Crippen molar-refractivity contribution in [3.8, 4) is 0 Å². The summed E-state index contributed by atoms with van der Waals surface area (Å²) in [5.41, 5.74) is 10.6. The number of nitrogens with zero attached hydrogens (tertiary/aromatic N) is 2. The molecule has 92 valence electrons. The summed E-state index contributed by atoms with van der Waals surface area (Å²) >= 11 is 0.